The largest absolute Gasteiger partial charge is 0.506 e. The maximum absolute atomic E-state index is 11.7. The number of phenols is 1. The van der Waals surface area contributed by atoms with E-state index in [4.69, 9.17) is 17.3 Å². The van der Waals surface area contributed by atoms with E-state index in [0.717, 1.165) is 0 Å². The standard InChI is InChI=1S/C12H17ClN2O2/c1-7(2)10(14)6-15-12(17)8-3-4-11(16)9(13)5-8/h3-5,7,10,16H,6,14H2,1-2H3,(H,15,17). The van der Waals surface area contributed by atoms with Crippen molar-refractivity contribution in [3.8, 4) is 5.75 Å². The Kier molecular flexibility index (Phi) is 4.78. The molecule has 0 saturated carbocycles. The lowest BCUT2D eigenvalue weighted by Gasteiger charge is -2.16. The van der Waals surface area contributed by atoms with Gasteiger partial charge in [-0.15, -0.1) is 0 Å². The molecule has 1 aromatic rings. The van der Waals surface area contributed by atoms with Crippen LogP contribution in [0.3, 0.4) is 0 Å². The van der Waals surface area contributed by atoms with Crippen LogP contribution in [0.1, 0.15) is 24.2 Å². The second kappa shape index (κ2) is 5.89. The van der Waals surface area contributed by atoms with Crippen LogP contribution >= 0.6 is 11.6 Å². The third-order valence-electron chi connectivity index (χ3n) is 2.56. The summed E-state index contributed by atoms with van der Waals surface area (Å²) in [4.78, 5) is 11.7. The average molecular weight is 257 g/mol. The van der Waals surface area contributed by atoms with Crippen molar-refractivity contribution in [2.24, 2.45) is 11.7 Å². The van der Waals surface area contributed by atoms with E-state index in [1.165, 1.54) is 18.2 Å². The molecule has 0 saturated heterocycles. The Balaban J connectivity index is 2.61. The molecule has 1 atom stereocenters. The molecule has 1 amide bonds. The van der Waals surface area contributed by atoms with Crippen molar-refractivity contribution in [3.63, 3.8) is 0 Å². The van der Waals surface area contributed by atoms with Gasteiger partial charge < -0.3 is 16.2 Å². The summed E-state index contributed by atoms with van der Waals surface area (Å²) in [5.41, 5.74) is 6.22. The lowest BCUT2D eigenvalue weighted by Crippen LogP contribution is -2.40. The van der Waals surface area contributed by atoms with E-state index < -0.39 is 0 Å². The first-order valence-corrected chi connectivity index (χ1v) is 5.82. The zero-order chi connectivity index (χ0) is 13.0. The first-order valence-electron chi connectivity index (χ1n) is 5.44. The minimum Gasteiger partial charge on any atom is -0.506 e. The summed E-state index contributed by atoms with van der Waals surface area (Å²) < 4.78 is 0. The topological polar surface area (TPSA) is 75.3 Å². The van der Waals surface area contributed by atoms with Crippen LogP contribution in [0.2, 0.25) is 5.02 Å². The lowest BCUT2D eigenvalue weighted by molar-refractivity contribution is 0.0949. The zero-order valence-electron chi connectivity index (χ0n) is 9.90. The number of rotatable bonds is 4. The number of benzene rings is 1. The molecule has 1 rings (SSSR count). The highest BCUT2D eigenvalue weighted by Crippen LogP contribution is 2.23. The number of amides is 1. The quantitative estimate of drug-likeness (QED) is 0.768. The van der Waals surface area contributed by atoms with Crippen LogP contribution in [0, 0.1) is 5.92 Å². The van der Waals surface area contributed by atoms with Crippen LogP contribution < -0.4 is 11.1 Å². The van der Waals surface area contributed by atoms with E-state index in [-0.39, 0.29) is 22.7 Å². The number of halogens is 1. The number of nitrogens with two attached hydrogens (primary N) is 1. The molecule has 1 aromatic carbocycles. The van der Waals surface area contributed by atoms with Crippen LogP contribution in [0.15, 0.2) is 18.2 Å². The van der Waals surface area contributed by atoms with Crippen LogP contribution in [0.25, 0.3) is 0 Å². The molecule has 0 aliphatic heterocycles. The Bertz CT molecular complexity index is 407. The van der Waals surface area contributed by atoms with Gasteiger partial charge in [0.2, 0.25) is 0 Å². The Morgan fingerprint density at radius 1 is 1.53 bits per heavy atom. The Morgan fingerprint density at radius 3 is 2.71 bits per heavy atom. The zero-order valence-corrected chi connectivity index (χ0v) is 10.7. The van der Waals surface area contributed by atoms with Gasteiger partial charge in [-0.05, 0) is 24.1 Å². The summed E-state index contributed by atoms with van der Waals surface area (Å²) in [6.07, 6.45) is 0. The first-order chi connectivity index (χ1) is 7.91. The molecule has 0 heterocycles. The maximum atomic E-state index is 11.7. The van der Waals surface area contributed by atoms with Gasteiger partial charge in [-0.3, -0.25) is 4.79 Å². The predicted molar refractivity (Wildman–Crippen MR) is 68.3 cm³/mol. The van der Waals surface area contributed by atoms with E-state index >= 15 is 0 Å². The second-order valence-corrected chi connectivity index (χ2v) is 4.69. The summed E-state index contributed by atoms with van der Waals surface area (Å²) in [5, 5.41) is 12.1. The van der Waals surface area contributed by atoms with Gasteiger partial charge in [0.15, 0.2) is 0 Å². The molecule has 0 aliphatic carbocycles. The van der Waals surface area contributed by atoms with Crippen molar-refractivity contribution in [3.05, 3.63) is 28.8 Å². The minimum absolute atomic E-state index is 0.0397. The second-order valence-electron chi connectivity index (χ2n) is 4.28. The molecule has 0 radical (unpaired) electrons. The number of phenolic OH excluding ortho intramolecular Hbond substituents is 1. The summed E-state index contributed by atoms with van der Waals surface area (Å²) in [7, 11) is 0. The fraction of sp³-hybridized carbons (Fsp3) is 0.417. The smallest absolute Gasteiger partial charge is 0.251 e. The Labute approximate surface area is 106 Å². The molecule has 0 spiro atoms. The van der Waals surface area contributed by atoms with E-state index in [2.05, 4.69) is 5.32 Å². The van der Waals surface area contributed by atoms with Crippen LogP contribution in [0.4, 0.5) is 0 Å². The summed E-state index contributed by atoms with van der Waals surface area (Å²) in [6, 6.07) is 4.25. The van der Waals surface area contributed by atoms with Gasteiger partial charge in [-0.1, -0.05) is 25.4 Å². The van der Waals surface area contributed by atoms with Gasteiger partial charge in [0.1, 0.15) is 5.75 Å². The summed E-state index contributed by atoms with van der Waals surface area (Å²) >= 11 is 5.72. The summed E-state index contributed by atoms with van der Waals surface area (Å²) in [6.45, 7) is 4.40. The molecule has 94 valence electrons. The number of hydrogen-bond acceptors (Lipinski definition) is 3. The monoisotopic (exact) mass is 256 g/mol. The highest BCUT2D eigenvalue weighted by Gasteiger charge is 2.11. The van der Waals surface area contributed by atoms with Gasteiger partial charge in [0.25, 0.3) is 5.91 Å². The number of carbonyl (C=O) groups excluding carboxylic acids is 1. The van der Waals surface area contributed by atoms with E-state index in [0.29, 0.717) is 18.0 Å². The summed E-state index contributed by atoms with van der Waals surface area (Å²) in [5.74, 6) is 0.0174. The van der Waals surface area contributed by atoms with Crippen molar-refractivity contribution in [1.82, 2.24) is 5.32 Å². The van der Waals surface area contributed by atoms with Crippen molar-refractivity contribution >= 4 is 17.5 Å². The molecule has 0 aromatic heterocycles. The molecule has 0 aliphatic rings. The van der Waals surface area contributed by atoms with Crippen molar-refractivity contribution in [2.45, 2.75) is 19.9 Å². The first kappa shape index (κ1) is 13.8. The van der Waals surface area contributed by atoms with E-state index in [9.17, 15) is 9.90 Å². The van der Waals surface area contributed by atoms with Crippen LogP contribution in [-0.4, -0.2) is 23.6 Å². The Morgan fingerprint density at radius 2 is 2.18 bits per heavy atom. The third-order valence-corrected chi connectivity index (χ3v) is 2.87. The molecule has 17 heavy (non-hydrogen) atoms. The van der Waals surface area contributed by atoms with Gasteiger partial charge in [-0.2, -0.15) is 0 Å². The molecular weight excluding hydrogens is 240 g/mol. The van der Waals surface area contributed by atoms with Gasteiger partial charge in [0, 0.05) is 18.2 Å². The molecule has 0 bridgehead atoms. The van der Waals surface area contributed by atoms with Crippen molar-refractivity contribution in [1.29, 1.82) is 0 Å². The highest BCUT2D eigenvalue weighted by atomic mass is 35.5. The number of carbonyl (C=O) groups is 1. The molecule has 1 unspecified atom stereocenters. The van der Waals surface area contributed by atoms with Gasteiger partial charge in [-0.25, -0.2) is 0 Å². The molecule has 0 fully saturated rings. The Hall–Kier alpha value is -1.26. The average Bonchev–Trinajstić information content (AvgIpc) is 2.28. The molecule has 4 nitrogen and oxygen atoms in total. The number of aromatic hydroxyl groups is 1. The fourth-order valence-corrected chi connectivity index (χ4v) is 1.38. The molecule has 4 N–H and O–H groups in total. The number of nitrogens with one attached hydrogen (secondary N) is 1. The predicted octanol–water partition coefficient (Wildman–Crippen LogP) is 1.76. The SMILES string of the molecule is CC(C)C(N)CNC(=O)c1ccc(O)c(Cl)c1. The van der Waals surface area contributed by atoms with Crippen molar-refractivity contribution in [2.75, 3.05) is 6.54 Å². The third kappa shape index (κ3) is 3.91. The lowest BCUT2D eigenvalue weighted by atomic mass is 10.1. The van der Waals surface area contributed by atoms with Crippen LogP contribution in [0.5, 0.6) is 5.75 Å². The highest BCUT2D eigenvalue weighted by molar-refractivity contribution is 6.32. The number of hydrogen-bond donors (Lipinski definition) is 3. The minimum atomic E-state index is -0.247. The van der Waals surface area contributed by atoms with E-state index in [1.807, 2.05) is 13.8 Å². The molecule has 5 heteroatoms. The maximum Gasteiger partial charge on any atom is 0.251 e. The fourth-order valence-electron chi connectivity index (χ4n) is 1.20. The van der Waals surface area contributed by atoms with E-state index in [1.54, 1.807) is 0 Å². The molecular formula is C12H17ClN2O2. The van der Waals surface area contributed by atoms with Crippen molar-refractivity contribution < 1.29 is 9.90 Å². The normalized spacial score (nSPS) is 12.5. The van der Waals surface area contributed by atoms with Gasteiger partial charge in [0.05, 0.1) is 5.02 Å². The van der Waals surface area contributed by atoms with Gasteiger partial charge >= 0.3 is 0 Å². The van der Waals surface area contributed by atoms with Crippen LogP contribution in [-0.2, 0) is 0 Å².